The van der Waals surface area contributed by atoms with E-state index in [1.165, 1.54) is 102 Å². The van der Waals surface area contributed by atoms with Crippen LogP contribution in [0.15, 0.2) is 103 Å². The molecule has 0 aromatic heterocycles. The molecular weight excluding hydrogens is 656 g/mol. The maximum atomic E-state index is 3.57. The van der Waals surface area contributed by atoms with Crippen LogP contribution in [-0.2, 0) is 58.3 Å². The van der Waals surface area contributed by atoms with Gasteiger partial charge in [0.25, 0.3) is 0 Å². The molecule has 3 aliphatic carbocycles. The molecule has 0 heterocycles. The van der Waals surface area contributed by atoms with E-state index in [1.807, 2.05) is 0 Å². The quantitative estimate of drug-likeness (QED) is 0.161. The van der Waals surface area contributed by atoms with Gasteiger partial charge in [-0.05, 0) is 19.3 Å². The Balaban J connectivity index is 0.000000124. The third-order valence-corrected chi connectivity index (χ3v) is 9.85. The topological polar surface area (TPSA) is 0 Å². The first-order chi connectivity index (χ1) is 23.0. The Kier molecular flexibility index (Phi) is 10.8. The van der Waals surface area contributed by atoms with Gasteiger partial charge in [0.2, 0.25) is 0 Å². The van der Waals surface area contributed by atoms with Crippen molar-refractivity contribution in [1.29, 1.82) is 0 Å². The van der Waals surface area contributed by atoms with Crippen LogP contribution in [0, 0.1) is 32.0 Å². The van der Waals surface area contributed by atoms with Crippen LogP contribution in [0.3, 0.4) is 0 Å². The number of fused-ring (bicyclic) bond motifs is 9. The molecule has 1 heteroatoms. The predicted molar refractivity (Wildman–Crippen MR) is 198 cm³/mol. The van der Waals surface area contributed by atoms with E-state index >= 15 is 0 Å². The molecule has 0 bridgehead atoms. The summed E-state index contributed by atoms with van der Waals surface area (Å²) in [5, 5.41) is 0. The van der Waals surface area contributed by atoms with Crippen molar-refractivity contribution in [3.8, 4) is 33.4 Å². The molecule has 0 saturated carbocycles. The van der Waals surface area contributed by atoms with Gasteiger partial charge in [0.05, 0.1) is 0 Å². The predicted octanol–water partition coefficient (Wildman–Crippen LogP) is 11.7. The Hall–Kier alpha value is -3.80. The molecule has 0 unspecified atom stereocenters. The Morgan fingerprint density at radius 1 is 0.458 bits per heavy atom. The third kappa shape index (κ3) is 7.00. The fourth-order valence-electron chi connectivity index (χ4n) is 7.36. The van der Waals surface area contributed by atoms with Crippen LogP contribution < -0.4 is 0 Å². The summed E-state index contributed by atoms with van der Waals surface area (Å²) < 4.78 is 0. The smallest absolute Gasteiger partial charge is 0.176 e. The van der Waals surface area contributed by atoms with Crippen LogP contribution in [0.2, 0.25) is 0 Å². The van der Waals surface area contributed by atoms with E-state index in [9.17, 15) is 0 Å². The third-order valence-electron chi connectivity index (χ3n) is 9.85. The summed E-state index contributed by atoms with van der Waals surface area (Å²) in [4.78, 5) is 0. The van der Waals surface area contributed by atoms with Crippen molar-refractivity contribution in [2.24, 2.45) is 0 Å². The van der Waals surface area contributed by atoms with Crippen molar-refractivity contribution in [1.82, 2.24) is 0 Å². The second kappa shape index (κ2) is 15.2. The SMILES string of the molecule is CCCc1[c-]c2c(cc1)-c1ccccc1C2.CCCc1[c-]c2c(cc1)-c1ccccc1C2.Cc1[c-]c2c(cc1C)-c1ccccc1C2.[Zr+3]. The second-order valence-corrected chi connectivity index (χ2v) is 13.2. The fraction of sp³-hybridized carbons (Fsp3) is 0.234. The van der Waals surface area contributed by atoms with E-state index in [4.69, 9.17) is 0 Å². The molecule has 0 fully saturated rings. The van der Waals surface area contributed by atoms with Gasteiger partial charge < -0.3 is 0 Å². The van der Waals surface area contributed by atoms with Crippen molar-refractivity contribution in [3.63, 3.8) is 0 Å². The molecule has 9 rings (SSSR count). The molecule has 1 radical (unpaired) electrons. The monoisotopic (exact) mass is 697 g/mol. The zero-order valence-corrected chi connectivity index (χ0v) is 31.2. The van der Waals surface area contributed by atoms with Crippen LogP contribution >= 0.6 is 0 Å². The number of aryl methyl sites for hydroxylation is 4. The van der Waals surface area contributed by atoms with Gasteiger partial charge in [-0.1, -0.05) is 160 Å². The molecule has 0 spiro atoms. The molecule has 0 saturated heterocycles. The van der Waals surface area contributed by atoms with Crippen molar-refractivity contribution in [2.45, 2.75) is 72.6 Å². The summed E-state index contributed by atoms with van der Waals surface area (Å²) >= 11 is 0. The van der Waals surface area contributed by atoms with Gasteiger partial charge in [-0.15, -0.1) is 33.4 Å². The van der Waals surface area contributed by atoms with Crippen molar-refractivity contribution in [3.05, 3.63) is 177 Å². The Bertz CT molecular complexity index is 1960. The number of benzene rings is 6. The first-order valence-corrected chi connectivity index (χ1v) is 17.4. The van der Waals surface area contributed by atoms with E-state index in [1.54, 1.807) is 0 Å². The maximum Gasteiger partial charge on any atom is 3.00 e. The van der Waals surface area contributed by atoms with Gasteiger partial charge in [0.1, 0.15) is 0 Å². The summed E-state index contributed by atoms with van der Waals surface area (Å²) in [6.45, 7) is 8.73. The van der Waals surface area contributed by atoms with Gasteiger partial charge >= 0.3 is 26.2 Å². The van der Waals surface area contributed by atoms with E-state index in [0.29, 0.717) is 0 Å². The molecule has 0 nitrogen and oxygen atoms in total. The molecule has 0 N–H and O–H groups in total. The fourth-order valence-corrected chi connectivity index (χ4v) is 7.36. The summed E-state index contributed by atoms with van der Waals surface area (Å²) in [7, 11) is 0. The summed E-state index contributed by atoms with van der Waals surface area (Å²) in [6, 6.07) is 48.0. The van der Waals surface area contributed by atoms with Crippen LogP contribution in [0.4, 0.5) is 0 Å². The number of hydrogen-bond donors (Lipinski definition) is 0. The van der Waals surface area contributed by atoms with Crippen LogP contribution in [0.1, 0.15) is 82.3 Å². The minimum atomic E-state index is 0. The maximum absolute atomic E-state index is 3.57. The van der Waals surface area contributed by atoms with E-state index in [2.05, 4.69) is 149 Å². The standard InChI is InChI=1S/2C16H15.C15H13.Zr/c2*1-2-5-12-8-9-16-14(10-12)11-13-6-3-4-7-15(13)16;1-10-7-13-9-12-5-3-4-6-14(12)15(13)8-11(10)2;/h2*3-4,6-9H,2,5,11H2,1H3;3-6,8H,9H2,1-2H3;/q3*-1;+3. The molecule has 48 heavy (non-hydrogen) atoms. The van der Waals surface area contributed by atoms with Crippen LogP contribution in [0.25, 0.3) is 33.4 Å². The average Bonchev–Trinajstić information content (AvgIpc) is 3.76. The summed E-state index contributed by atoms with van der Waals surface area (Å²) in [6.07, 6.45) is 7.84. The van der Waals surface area contributed by atoms with Gasteiger partial charge in [0, 0.05) is 0 Å². The first kappa shape index (κ1) is 34.1. The first-order valence-electron chi connectivity index (χ1n) is 17.4. The van der Waals surface area contributed by atoms with Gasteiger partial charge in [-0.2, -0.15) is 70.8 Å². The van der Waals surface area contributed by atoms with E-state index in [-0.39, 0.29) is 26.2 Å². The number of rotatable bonds is 4. The minimum absolute atomic E-state index is 0. The van der Waals surface area contributed by atoms with Crippen molar-refractivity contribution < 1.29 is 26.2 Å². The van der Waals surface area contributed by atoms with Gasteiger partial charge in [0.15, 0.2) is 0 Å². The minimum Gasteiger partial charge on any atom is -0.176 e. The number of hydrogen-bond acceptors (Lipinski definition) is 0. The summed E-state index contributed by atoms with van der Waals surface area (Å²) in [5.41, 5.74) is 22.1. The van der Waals surface area contributed by atoms with Crippen molar-refractivity contribution in [2.75, 3.05) is 0 Å². The molecule has 6 aromatic rings. The Morgan fingerprint density at radius 3 is 1.29 bits per heavy atom. The van der Waals surface area contributed by atoms with Crippen molar-refractivity contribution >= 4 is 0 Å². The van der Waals surface area contributed by atoms with Gasteiger partial charge in [-0.25, -0.2) is 0 Å². The van der Waals surface area contributed by atoms with E-state index < -0.39 is 0 Å². The zero-order chi connectivity index (χ0) is 32.3. The van der Waals surface area contributed by atoms with Crippen LogP contribution in [0.5, 0.6) is 0 Å². The Morgan fingerprint density at radius 2 is 0.854 bits per heavy atom. The molecule has 0 aliphatic heterocycles. The van der Waals surface area contributed by atoms with Gasteiger partial charge in [-0.3, -0.25) is 0 Å². The molecular formula is C47H43Zr. The molecule has 0 amide bonds. The second-order valence-electron chi connectivity index (χ2n) is 13.2. The largest absolute Gasteiger partial charge is 3.00 e. The summed E-state index contributed by atoms with van der Waals surface area (Å²) in [5.74, 6) is 0. The molecule has 0 atom stereocenters. The zero-order valence-electron chi connectivity index (χ0n) is 28.8. The molecule has 235 valence electrons. The normalized spacial score (nSPS) is 12.1. The van der Waals surface area contributed by atoms with E-state index in [0.717, 1.165) is 32.1 Å². The Labute approximate surface area is 307 Å². The molecule has 6 aromatic carbocycles. The molecule has 3 aliphatic rings. The average molecular weight is 699 g/mol. The van der Waals surface area contributed by atoms with Crippen LogP contribution in [-0.4, -0.2) is 0 Å².